The van der Waals surface area contributed by atoms with Gasteiger partial charge in [-0.15, -0.1) is 0 Å². The molecule has 0 aliphatic heterocycles. The first kappa shape index (κ1) is 13.9. The van der Waals surface area contributed by atoms with Gasteiger partial charge in [-0.25, -0.2) is 4.79 Å². The quantitative estimate of drug-likeness (QED) is 0.578. The lowest BCUT2D eigenvalue weighted by molar-refractivity contribution is 0.0735. The van der Waals surface area contributed by atoms with Crippen LogP contribution in [-0.4, -0.2) is 11.1 Å². The highest BCUT2D eigenvalue weighted by atomic mass is 16.5. The first-order valence-electron chi connectivity index (χ1n) is 6.90. The number of carbonyl (C=O) groups excluding carboxylic acids is 1. The Balaban J connectivity index is 1.96. The molecule has 3 rings (SSSR count). The highest BCUT2D eigenvalue weighted by Crippen LogP contribution is 2.35. The lowest BCUT2D eigenvalue weighted by atomic mass is 10.0. The number of carbonyl (C=O) groups is 1. The highest BCUT2D eigenvalue weighted by Gasteiger charge is 2.13. The van der Waals surface area contributed by atoms with E-state index in [1.165, 1.54) is 0 Å². The molecule has 1 N–H and O–H groups in total. The number of phenols is 1. The Bertz CT molecular complexity index is 795. The van der Waals surface area contributed by atoms with Crippen molar-refractivity contribution >= 4 is 5.97 Å². The summed E-state index contributed by atoms with van der Waals surface area (Å²) in [6, 6.07) is 22.9. The molecule has 0 amide bonds. The second kappa shape index (κ2) is 6.14. The molecular formula is C19H14O3. The minimum atomic E-state index is -0.427. The number of aromatic hydroxyl groups is 1. The molecule has 3 aromatic rings. The van der Waals surface area contributed by atoms with E-state index in [9.17, 15) is 9.90 Å². The smallest absolute Gasteiger partial charge is 0.343 e. The van der Waals surface area contributed by atoms with Crippen molar-refractivity contribution in [1.82, 2.24) is 0 Å². The molecule has 0 fully saturated rings. The van der Waals surface area contributed by atoms with E-state index in [2.05, 4.69) is 0 Å². The lowest BCUT2D eigenvalue weighted by Crippen LogP contribution is -2.08. The third kappa shape index (κ3) is 2.83. The van der Waals surface area contributed by atoms with Crippen LogP contribution >= 0.6 is 0 Å². The number of benzene rings is 3. The second-order valence-electron chi connectivity index (χ2n) is 4.77. The summed E-state index contributed by atoms with van der Waals surface area (Å²) in [7, 11) is 0. The molecule has 0 atom stereocenters. The maximum Gasteiger partial charge on any atom is 0.343 e. The highest BCUT2D eigenvalue weighted by molar-refractivity contribution is 5.92. The Kier molecular flexibility index (Phi) is 3.88. The Hall–Kier alpha value is -3.07. The molecule has 0 saturated heterocycles. The SMILES string of the molecule is O=C(Oc1ccccc1-c1ccccc1O)c1ccccc1. The zero-order valence-corrected chi connectivity index (χ0v) is 11.8. The van der Waals surface area contributed by atoms with Crippen LogP contribution in [0, 0.1) is 0 Å². The molecule has 108 valence electrons. The summed E-state index contributed by atoms with van der Waals surface area (Å²) in [6.45, 7) is 0. The second-order valence-corrected chi connectivity index (χ2v) is 4.77. The number of rotatable bonds is 3. The predicted octanol–water partition coefficient (Wildman–Crippen LogP) is 4.28. The first-order chi connectivity index (χ1) is 10.8. The molecule has 22 heavy (non-hydrogen) atoms. The van der Waals surface area contributed by atoms with E-state index in [0.717, 1.165) is 0 Å². The largest absolute Gasteiger partial charge is 0.507 e. The third-order valence-corrected chi connectivity index (χ3v) is 3.29. The fourth-order valence-corrected chi connectivity index (χ4v) is 2.21. The first-order valence-corrected chi connectivity index (χ1v) is 6.90. The molecule has 0 saturated carbocycles. The summed E-state index contributed by atoms with van der Waals surface area (Å²) in [6.07, 6.45) is 0. The van der Waals surface area contributed by atoms with Gasteiger partial charge in [0, 0.05) is 11.1 Å². The number of ether oxygens (including phenoxy) is 1. The topological polar surface area (TPSA) is 46.5 Å². The van der Waals surface area contributed by atoms with Gasteiger partial charge in [0.05, 0.1) is 5.56 Å². The molecule has 3 heteroatoms. The average molecular weight is 290 g/mol. The minimum Gasteiger partial charge on any atom is -0.507 e. The van der Waals surface area contributed by atoms with Crippen LogP contribution in [0.5, 0.6) is 11.5 Å². The fourth-order valence-electron chi connectivity index (χ4n) is 2.21. The van der Waals surface area contributed by atoms with Crippen LogP contribution in [0.15, 0.2) is 78.9 Å². The molecule has 0 aliphatic carbocycles. The minimum absolute atomic E-state index is 0.144. The van der Waals surface area contributed by atoms with Crippen LogP contribution in [0.3, 0.4) is 0 Å². The van der Waals surface area contributed by atoms with E-state index in [0.29, 0.717) is 22.4 Å². The van der Waals surface area contributed by atoms with Crippen molar-refractivity contribution in [3.63, 3.8) is 0 Å². The summed E-state index contributed by atoms with van der Waals surface area (Å²) in [4.78, 5) is 12.2. The van der Waals surface area contributed by atoms with Gasteiger partial charge in [0.15, 0.2) is 0 Å². The number of esters is 1. The Morgan fingerprint density at radius 1 is 0.727 bits per heavy atom. The standard InChI is InChI=1S/C19H14O3/c20-17-12-6-4-10-15(17)16-11-5-7-13-18(16)22-19(21)14-8-2-1-3-9-14/h1-13,20H. The van der Waals surface area contributed by atoms with E-state index in [1.54, 1.807) is 54.6 Å². The Morgan fingerprint density at radius 3 is 2.05 bits per heavy atom. The van der Waals surface area contributed by atoms with Crippen molar-refractivity contribution in [2.24, 2.45) is 0 Å². The van der Waals surface area contributed by atoms with Gasteiger partial charge in [-0.1, -0.05) is 54.6 Å². The van der Waals surface area contributed by atoms with Crippen LogP contribution in [-0.2, 0) is 0 Å². The van der Waals surface area contributed by atoms with Gasteiger partial charge >= 0.3 is 5.97 Å². The number of hydrogen-bond acceptors (Lipinski definition) is 3. The molecule has 3 nitrogen and oxygen atoms in total. The van der Waals surface area contributed by atoms with Gasteiger partial charge in [-0.05, 0) is 24.3 Å². The van der Waals surface area contributed by atoms with Gasteiger partial charge in [-0.3, -0.25) is 0 Å². The summed E-state index contributed by atoms with van der Waals surface area (Å²) in [5.74, 6) is 0.132. The predicted molar refractivity (Wildman–Crippen MR) is 84.9 cm³/mol. The van der Waals surface area contributed by atoms with Crippen LogP contribution in [0.1, 0.15) is 10.4 Å². The maximum absolute atomic E-state index is 12.2. The van der Waals surface area contributed by atoms with Gasteiger partial charge in [0.1, 0.15) is 11.5 Å². The molecule has 0 spiro atoms. The monoisotopic (exact) mass is 290 g/mol. The Labute approximate surface area is 128 Å². The number of hydrogen-bond donors (Lipinski definition) is 1. The van der Waals surface area contributed by atoms with E-state index in [4.69, 9.17) is 4.74 Å². The number of phenolic OH excluding ortho intramolecular Hbond substituents is 1. The van der Waals surface area contributed by atoms with Crippen molar-refractivity contribution in [2.45, 2.75) is 0 Å². The molecule has 0 aromatic heterocycles. The van der Waals surface area contributed by atoms with Crippen molar-refractivity contribution in [3.05, 3.63) is 84.4 Å². The van der Waals surface area contributed by atoms with Crippen molar-refractivity contribution in [3.8, 4) is 22.6 Å². The Morgan fingerprint density at radius 2 is 1.32 bits per heavy atom. The van der Waals surface area contributed by atoms with Crippen molar-refractivity contribution < 1.29 is 14.6 Å². The van der Waals surface area contributed by atoms with Crippen LogP contribution < -0.4 is 4.74 Å². The van der Waals surface area contributed by atoms with Gasteiger partial charge < -0.3 is 9.84 Å². The maximum atomic E-state index is 12.2. The number of para-hydroxylation sites is 2. The molecule has 3 aromatic carbocycles. The summed E-state index contributed by atoms with van der Waals surface area (Å²) >= 11 is 0. The molecule has 0 aliphatic rings. The molecule has 0 unspecified atom stereocenters. The van der Waals surface area contributed by atoms with Crippen LogP contribution in [0.2, 0.25) is 0 Å². The molecule has 0 bridgehead atoms. The summed E-state index contributed by atoms with van der Waals surface area (Å²) in [5.41, 5.74) is 1.78. The van der Waals surface area contributed by atoms with Crippen molar-refractivity contribution in [2.75, 3.05) is 0 Å². The summed E-state index contributed by atoms with van der Waals surface area (Å²) < 4.78 is 5.49. The molecule has 0 radical (unpaired) electrons. The van der Waals surface area contributed by atoms with Gasteiger partial charge in [0.2, 0.25) is 0 Å². The van der Waals surface area contributed by atoms with E-state index >= 15 is 0 Å². The van der Waals surface area contributed by atoms with Gasteiger partial charge in [-0.2, -0.15) is 0 Å². The van der Waals surface area contributed by atoms with Crippen LogP contribution in [0.4, 0.5) is 0 Å². The van der Waals surface area contributed by atoms with Crippen molar-refractivity contribution in [1.29, 1.82) is 0 Å². The fraction of sp³-hybridized carbons (Fsp3) is 0. The molecular weight excluding hydrogens is 276 g/mol. The average Bonchev–Trinajstić information content (AvgIpc) is 2.57. The zero-order valence-electron chi connectivity index (χ0n) is 11.8. The van der Waals surface area contributed by atoms with E-state index < -0.39 is 5.97 Å². The third-order valence-electron chi connectivity index (χ3n) is 3.29. The van der Waals surface area contributed by atoms with E-state index in [1.807, 2.05) is 24.3 Å². The van der Waals surface area contributed by atoms with E-state index in [-0.39, 0.29) is 5.75 Å². The van der Waals surface area contributed by atoms with Gasteiger partial charge in [0.25, 0.3) is 0 Å². The zero-order chi connectivity index (χ0) is 15.4. The molecule has 0 heterocycles. The van der Waals surface area contributed by atoms with Crippen LogP contribution in [0.25, 0.3) is 11.1 Å². The summed E-state index contributed by atoms with van der Waals surface area (Å²) in [5, 5.41) is 10.00. The normalized spacial score (nSPS) is 10.2. The lowest BCUT2D eigenvalue weighted by Gasteiger charge is -2.11.